The van der Waals surface area contributed by atoms with Crippen LogP contribution >= 0.6 is 0 Å². The van der Waals surface area contributed by atoms with E-state index in [0.717, 1.165) is 38.8 Å². The Morgan fingerprint density at radius 3 is 3.00 bits per heavy atom. The molecule has 1 rings (SSSR count). The largest absolute Gasteiger partial charge is 0.409 e. The molecule has 6 heteroatoms. The van der Waals surface area contributed by atoms with E-state index in [1.54, 1.807) is 0 Å². The van der Waals surface area contributed by atoms with E-state index in [9.17, 15) is 4.79 Å². The van der Waals surface area contributed by atoms with Crippen LogP contribution in [-0.4, -0.2) is 36.1 Å². The van der Waals surface area contributed by atoms with Crippen LogP contribution in [0.5, 0.6) is 0 Å². The van der Waals surface area contributed by atoms with Crippen LogP contribution in [0.15, 0.2) is 5.16 Å². The van der Waals surface area contributed by atoms with E-state index >= 15 is 0 Å². The lowest BCUT2D eigenvalue weighted by Gasteiger charge is -2.25. The lowest BCUT2D eigenvalue weighted by Crippen LogP contribution is -2.48. The topological polar surface area (TPSA) is 99.7 Å². The highest BCUT2D eigenvalue weighted by Crippen LogP contribution is 2.22. The fraction of sp³-hybridized carbons (Fsp3) is 0.833. The van der Waals surface area contributed by atoms with Gasteiger partial charge in [0.05, 0.1) is 6.04 Å². The third kappa shape index (κ3) is 4.18. The summed E-state index contributed by atoms with van der Waals surface area (Å²) in [6.07, 6.45) is 3.62. The third-order valence-corrected chi connectivity index (χ3v) is 3.46. The summed E-state index contributed by atoms with van der Waals surface area (Å²) in [6.45, 7) is 5.43. The molecule has 1 saturated heterocycles. The first-order chi connectivity index (χ1) is 8.47. The summed E-state index contributed by atoms with van der Waals surface area (Å²) >= 11 is 0. The Morgan fingerprint density at radius 1 is 1.67 bits per heavy atom. The number of carbonyl (C=O) groups excluding carboxylic acids is 1. The molecular weight excluding hydrogens is 232 g/mol. The number of nitrogens with zero attached hydrogens (tertiary/aromatic N) is 1. The maximum atomic E-state index is 11.5. The zero-order valence-electron chi connectivity index (χ0n) is 11.2. The maximum absolute atomic E-state index is 11.5. The molecule has 1 heterocycles. The van der Waals surface area contributed by atoms with Gasteiger partial charge in [0, 0.05) is 12.0 Å². The van der Waals surface area contributed by atoms with Gasteiger partial charge in [-0.1, -0.05) is 19.0 Å². The van der Waals surface area contributed by atoms with Crippen LogP contribution in [0.1, 0.15) is 39.5 Å². The molecule has 0 spiro atoms. The Kier molecular flexibility index (Phi) is 5.40. The van der Waals surface area contributed by atoms with Gasteiger partial charge in [-0.15, -0.1) is 0 Å². The third-order valence-electron chi connectivity index (χ3n) is 3.46. The van der Waals surface area contributed by atoms with Crippen LogP contribution < -0.4 is 16.4 Å². The standard InChI is InChI=1S/C12H24N4O2/c1-12(2,11(13)16-18)6-4-8-14-9-5-3-7-15-10(9)17/h9,14,18H,3-8H2,1-2H3,(H2,13,16)(H,15,17). The van der Waals surface area contributed by atoms with Gasteiger partial charge >= 0.3 is 0 Å². The lowest BCUT2D eigenvalue weighted by molar-refractivity contribution is -0.124. The summed E-state index contributed by atoms with van der Waals surface area (Å²) in [6, 6.07) is -0.0641. The molecule has 0 saturated carbocycles. The quantitative estimate of drug-likeness (QED) is 0.182. The molecule has 1 aliphatic heterocycles. The number of hydrogen-bond acceptors (Lipinski definition) is 4. The van der Waals surface area contributed by atoms with Crippen LogP contribution in [0, 0.1) is 5.41 Å². The molecule has 0 radical (unpaired) electrons. The van der Waals surface area contributed by atoms with Gasteiger partial charge in [0.2, 0.25) is 5.91 Å². The SMILES string of the molecule is CC(C)(CCCNC1CCCNC1=O)C(N)=NO. The minimum absolute atomic E-state index is 0.0641. The number of oxime groups is 1. The fourth-order valence-corrected chi connectivity index (χ4v) is 2.04. The number of piperidine rings is 1. The molecule has 1 fully saturated rings. The fourth-order valence-electron chi connectivity index (χ4n) is 2.04. The molecular formula is C12H24N4O2. The average molecular weight is 256 g/mol. The van der Waals surface area contributed by atoms with Gasteiger partial charge in [-0.2, -0.15) is 0 Å². The number of carbonyl (C=O) groups is 1. The molecule has 1 atom stereocenters. The molecule has 0 bridgehead atoms. The molecule has 0 aromatic rings. The van der Waals surface area contributed by atoms with Crippen LogP contribution in [0.3, 0.4) is 0 Å². The van der Waals surface area contributed by atoms with Crippen molar-refractivity contribution in [2.45, 2.75) is 45.6 Å². The second kappa shape index (κ2) is 6.58. The predicted octanol–water partition coefficient (Wildman–Crippen LogP) is 0.407. The Balaban J connectivity index is 2.24. The minimum Gasteiger partial charge on any atom is -0.409 e. The normalized spacial score (nSPS) is 21.8. The summed E-state index contributed by atoms with van der Waals surface area (Å²) in [5.41, 5.74) is 5.30. The highest BCUT2D eigenvalue weighted by molar-refractivity contribution is 5.85. The predicted molar refractivity (Wildman–Crippen MR) is 70.5 cm³/mol. The minimum atomic E-state index is -0.314. The highest BCUT2D eigenvalue weighted by Gasteiger charge is 2.24. The second-order valence-corrected chi connectivity index (χ2v) is 5.41. The van der Waals surface area contributed by atoms with E-state index in [-0.39, 0.29) is 23.2 Å². The van der Waals surface area contributed by atoms with Crippen LogP contribution in [0.2, 0.25) is 0 Å². The first-order valence-corrected chi connectivity index (χ1v) is 6.46. The molecule has 104 valence electrons. The van der Waals surface area contributed by atoms with Crippen molar-refractivity contribution >= 4 is 11.7 Å². The van der Waals surface area contributed by atoms with Crippen molar-refractivity contribution in [2.75, 3.05) is 13.1 Å². The summed E-state index contributed by atoms with van der Waals surface area (Å²) in [5, 5.41) is 17.8. The van der Waals surface area contributed by atoms with Gasteiger partial charge in [0.25, 0.3) is 0 Å². The van der Waals surface area contributed by atoms with E-state index in [0.29, 0.717) is 0 Å². The smallest absolute Gasteiger partial charge is 0.237 e. The van der Waals surface area contributed by atoms with Crippen molar-refractivity contribution in [3.8, 4) is 0 Å². The summed E-state index contributed by atoms with van der Waals surface area (Å²) in [7, 11) is 0. The van der Waals surface area contributed by atoms with Gasteiger partial charge < -0.3 is 21.6 Å². The van der Waals surface area contributed by atoms with Gasteiger partial charge in [0.15, 0.2) is 0 Å². The summed E-state index contributed by atoms with van der Waals surface area (Å²) < 4.78 is 0. The number of amidine groups is 1. The van der Waals surface area contributed by atoms with E-state index in [1.165, 1.54) is 0 Å². The summed E-state index contributed by atoms with van der Waals surface area (Å²) in [5.74, 6) is 0.342. The Morgan fingerprint density at radius 2 is 2.39 bits per heavy atom. The van der Waals surface area contributed by atoms with Gasteiger partial charge in [0.1, 0.15) is 5.84 Å². The van der Waals surface area contributed by atoms with Crippen molar-refractivity contribution in [1.29, 1.82) is 0 Å². The number of amides is 1. The zero-order valence-corrected chi connectivity index (χ0v) is 11.2. The maximum Gasteiger partial charge on any atom is 0.237 e. The van der Waals surface area contributed by atoms with Gasteiger partial charge in [-0.25, -0.2) is 0 Å². The second-order valence-electron chi connectivity index (χ2n) is 5.41. The lowest BCUT2D eigenvalue weighted by atomic mass is 9.86. The van der Waals surface area contributed by atoms with E-state index < -0.39 is 0 Å². The van der Waals surface area contributed by atoms with Gasteiger partial charge in [-0.05, 0) is 32.2 Å². The molecule has 18 heavy (non-hydrogen) atoms. The van der Waals surface area contributed by atoms with Crippen molar-refractivity contribution in [1.82, 2.24) is 10.6 Å². The molecule has 1 unspecified atom stereocenters. The first-order valence-electron chi connectivity index (χ1n) is 6.46. The monoisotopic (exact) mass is 256 g/mol. The number of nitrogens with two attached hydrogens (primary N) is 1. The number of nitrogens with one attached hydrogen (secondary N) is 2. The molecule has 1 aliphatic rings. The molecule has 0 aromatic heterocycles. The van der Waals surface area contributed by atoms with Crippen molar-refractivity contribution in [3.63, 3.8) is 0 Å². The first kappa shape index (κ1) is 14.8. The number of rotatable bonds is 6. The Labute approximate surface area is 108 Å². The molecule has 0 aromatic carbocycles. The average Bonchev–Trinajstić information content (AvgIpc) is 2.35. The molecule has 0 aliphatic carbocycles. The van der Waals surface area contributed by atoms with Crippen molar-refractivity contribution in [3.05, 3.63) is 0 Å². The van der Waals surface area contributed by atoms with E-state index in [4.69, 9.17) is 10.9 Å². The van der Waals surface area contributed by atoms with Crippen LogP contribution in [0.25, 0.3) is 0 Å². The molecule has 6 nitrogen and oxygen atoms in total. The highest BCUT2D eigenvalue weighted by atomic mass is 16.4. The number of hydrogen-bond donors (Lipinski definition) is 4. The van der Waals surface area contributed by atoms with Crippen molar-refractivity contribution in [2.24, 2.45) is 16.3 Å². The van der Waals surface area contributed by atoms with Gasteiger partial charge in [-0.3, -0.25) is 4.79 Å². The van der Waals surface area contributed by atoms with E-state index in [1.807, 2.05) is 13.8 Å². The van der Waals surface area contributed by atoms with Crippen LogP contribution in [-0.2, 0) is 4.79 Å². The Bertz CT molecular complexity index is 315. The van der Waals surface area contributed by atoms with E-state index in [2.05, 4.69) is 15.8 Å². The van der Waals surface area contributed by atoms with Crippen LogP contribution in [0.4, 0.5) is 0 Å². The molecule has 5 N–H and O–H groups in total. The van der Waals surface area contributed by atoms with Crippen molar-refractivity contribution < 1.29 is 10.0 Å². The zero-order chi connectivity index (χ0) is 13.6. The summed E-state index contributed by atoms with van der Waals surface area (Å²) in [4.78, 5) is 11.5. The molecule has 1 amide bonds. The Hall–Kier alpha value is -1.30.